The highest BCUT2D eigenvalue weighted by Gasteiger charge is 2.22. The van der Waals surface area contributed by atoms with Gasteiger partial charge >= 0.3 is 12.1 Å². The zero-order valence-electron chi connectivity index (χ0n) is 16.2. The fraction of sp³-hybridized carbons (Fsp3) is 0.364. The van der Waals surface area contributed by atoms with Crippen LogP contribution in [0.3, 0.4) is 0 Å². The maximum absolute atomic E-state index is 12.0. The van der Waals surface area contributed by atoms with E-state index in [9.17, 15) is 14.7 Å². The molecule has 0 saturated heterocycles. The van der Waals surface area contributed by atoms with Gasteiger partial charge in [0.1, 0.15) is 0 Å². The molecule has 2 aromatic rings. The third-order valence-corrected chi connectivity index (χ3v) is 4.21. The summed E-state index contributed by atoms with van der Waals surface area (Å²) in [6.45, 7) is 4.12. The van der Waals surface area contributed by atoms with E-state index in [2.05, 4.69) is 5.32 Å². The number of alkyl carbamates (subject to hydrolysis) is 1. The van der Waals surface area contributed by atoms with Crippen LogP contribution in [0, 0.1) is 5.92 Å². The monoisotopic (exact) mass is 385 g/mol. The van der Waals surface area contributed by atoms with Crippen LogP contribution in [0.15, 0.2) is 54.6 Å². The van der Waals surface area contributed by atoms with E-state index in [4.69, 9.17) is 9.84 Å². The molecule has 0 saturated carbocycles. The molecule has 0 spiro atoms. The summed E-state index contributed by atoms with van der Waals surface area (Å²) in [5.41, 5.74) is 3.09. The van der Waals surface area contributed by atoms with Crippen molar-refractivity contribution >= 4 is 12.1 Å². The Labute approximate surface area is 165 Å². The van der Waals surface area contributed by atoms with Gasteiger partial charge in [-0.3, -0.25) is 0 Å². The summed E-state index contributed by atoms with van der Waals surface area (Å²) in [6.07, 6.45) is -1.89. The zero-order chi connectivity index (χ0) is 20.5. The van der Waals surface area contributed by atoms with Gasteiger partial charge in [0.25, 0.3) is 0 Å². The van der Waals surface area contributed by atoms with Crippen LogP contribution in [0.2, 0.25) is 0 Å². The summed E-state index contributed by atoms with van der Waals surface area (Å²) in [4.78, 5) is 23.0. The van der Waals surface area contributed by atoms with Gasteiger partial charge in [0.15, 0.2) is 6.10 Å². The number of carbonyl (C=O) groups is 2. The number of nitrogens with one attached hydrogen (secondary N) is 1. The molecule has 0 bridgehead atoms. The number of carboxylic acid groups (broad SMARTS) is 1. The van der Waals surface area contributed by atoms with Gasteiger partial charge in [0, 0.05) is 12.5 Å². The predicted octanol–water partition coefficient (Wildman–Crippen LogP) is 3.48. The van der Waals surface area contributed by atoms with Gasteiger partial charge in [-0.2, -0.15) is 0 Å². The summed E-state index contributed by atoms with van der Waals surface area (Å²) >= 11 is 0. The van der Waals surface area contributed by atoms with Gasteiger partial charge in [-0.05, 0) is 29.0 Å². The SMILES string of the molecule is CC(C)COC(=O)N[C@H](Cc1ccc(-c2ccccc2)cc1)C[C@@H](O)C(=O)O. The van der Waals surface area contributed by atoms with Gasteiger partial charge in [0.05, 0.1) is 6.61 Å². The molecule has 1 amide bonds. The van der Waals surface area contributed by atoms with Crippen molar-refractivity contribution in [1.29, 1.82) is 0 Å². The fourth-order valence-electron chi connectivity index (χ4n) is 2.76. The van der Waals surface area contributed by atoms with E-state index < -0.39 is 24.2 Å². The molecular formula is C22H27NO5. The number of ether oxygens (including phenoxy) is 1. The molecule has 2 aromatic carbocycles. The Kier molecular flexibility index (Phi) is 8.02. The Morgan fingerprint density at radius 1 is 1.00 bits per heavy atom. The third-order valence-electron chi connectivity index (χ3n) is 4.21. The molecule has 0 unspecified atom stereocenters. The van der Waals surface area contributed by atoms with E-state index >= 15 is 0 Å². The molecule has 6 nitrogen and oxygen atoms in total. The molecule has 0 aromatic heterocycles. The van der Waals surface area contributed by atoms with Crippen LogP contribution in [-0.2, 0) is 16.0 Å². The van der Waals surface area contributed by atoms with Crippen molar-refractivity contribution in [2.75, 3.05) is 6.61 Å². The number of hydrogen-bond donors (Lipinski definition) is 3. The maximum Gasteiger partial charge on any atom is 0.407 e. The quantitative estimate of drug-likeness (QED) is 0.614. The van der Waals surface area contributed by atoms with Crippen molar-refractivity contribution in [3.8, 4) is 11.1 Å². The van der Waals surface area contributed by atoms with Crippen LogP contribution in [0.1, 0.15) is 25.8 Å². The lowest BCUT2D eigenvalue weighted by molar-refractivity contribution is -0.147. The molecule has 0 aliphatic carbocycles. The van der Waals surface area contributed by atoms with Gasteiger partial charge in [0.2, 0.25) is 0 Å². The second-order valence-corrected chi connectivity index (χ2v) is 7.19. The standard InChI is InChI=1S/C22H27NO5/c1-15(2)14-28-22(27)23-19(13-20(24)21(25)26)12-16-8-10-18(11-9-16)17-6-4-3-5-7-17/h3-11,15,19-20,24H,12-14H2,1-2H3,(H,23,27)(H,25,26)/t19-,20-/m1/s1. The largest absolute Gasteiger partial charge is 0.479 e. The Hall–Kier alpha value is -2.86. The third kappa shape index (κ3) is 7.04. The van der Waals surface area contributed by atoms with Crippen LogP contribution < -0.4 is 5.32 Å². The van der Waals surface area contributed by atoms with E-state index in [-0.39, 0.29) is 18.9 Å². The first kappa shape index (κ1) is 21.4. The molecule has 0 heterocycles. The summed E-state index contributed by atoms with van der Waals surface area (Å²) in [7, 11) is 0. The molecule has 2 rings (SSSR count). The average molecular weight is 385 g/mol. The normalized spacial score (nSPS) is 13.0. The number of hydrogen-bond acceptors (Lipinski definition) is 4. The topological polar surface area (TPSA) is 95.9 Å². The summed E-state index contributed by atoms with van der Waals surface area (Å²) < 4.78 is 5.11. The minimum atomic E-state index is -1.56. The highest BCUT2D eigenvalue weighted by Crippen LogP contribution is 2.20. The second-order valence-electron chi connectivity index (χ2n) is 7.19. The molecule has 6 heteroatoms. The molecule has 2 atom stereocenters. The molecule has 0 aliphatic heterocycles. The Morgan fingerprint density at radius 2 is 1.61 bits per heavy atom. The number of benzene rings is 2. The molecule has 28 heavy (non-hydrogen) atoms. The summed E-state index contributed by atoms with van der Waals surface area (Å²) in [6, 6.07) is 17.2. The predicted molar refractivity (Wildman–Crippen MR) is 107 cm³/mol. The molecule has 0 radical (unpaired) electrons. The highest BCUT2D eigenvalue weighted by atomic mass is 16.5. The van der Waals surface area contributed by atoms with Gasteiger partial charge in [-0.1, -0.05) is 68.4 Å². The van der Waals surface area contributed by atoms with Crippen LogP contribution in [0.25, 0.3) is 11.1 Å². The number of aliphatic hydroxyl groups is 1. The van der Waals surface area contributed by atoms with E-state index in [1.54, 1.807) is 0 Å². The number of carbonyl (C=O) groups excluding carboxylic acids is 1. The van der Waals surface area contributed by atoms with Crippen molar-refractivity contribution in [2.24, 2.45) is 5.92 Å². The summed E-state index contributed by atoms with van der Waals surface area (Å²) in [5, 5.41) is 21.4. The fourth-order valence-corrected chi connectivity index (χ4v) is 2.76. The Bertz CT molecular complexity index is 758. The number of aliphatic hydroxyl groups excluding tert-OH is 1. The van der Waals surface area contributed by atoms with Crippen molar-refractivity contribution in [2.45, 2.75) is 38.8 Å². The van der Waals surface area contributed by atoms with Gasteiger partial charge in [-0.15, -0.1) is 0 Å². The first-order chi connectivity index (χ1) is 13.3. The van der Waals surface area contributed by atoms with Gasteiger partial charge < -0.3 is 20.3 Å². The van der Waals surface area contributed by atoms with E-state index in [0.717, 1.165) is 16.7 Å². The van der Waals surface area contributed by atoms with Crippen molar-refractivity contribution in [1.82, 2.24) is 5.32 Å². The molecule has 0 fully saturated rings. The van der Waals surface area contributed by atoms with E-state index in [1.807, 2.05) is 68.4 Å². The lowest BCUT2D eigenvalue weighted by Crippen LogP contribution is -2.41. The van der Waals surface area contributed by atoms with Crippen LogP contribution in [-0.4, -0.2) is 41.0 Å². The lowest BCUT2D eigenvalue weighted by Gasteiger charge is -2.20. The Morgan fingerprint density at radius 3 is 2.18 bits per heavy atom. The number of amides is 1. The Balaban J connectivity index is 2.05. The van der Waals surface area contributed by atoms with Gasteiger partial charge in [-0.25, -0.2) is 9.59 Å². The van der Waals surface area contributed by atoms with Crippen molar-refractivity contribution in [3.63, 3.8) is 0 Å². The van der Waals surface area contributed by atoms with Crippen LogP contribution >= 0.6 is 0 Å². The summed E-state index contributed by atoms with van der Waals surface area (Å²) in [5.74, 6) is -1.12. The van der Waals surface area contributed by atoms with E-state index in [0.29, 0.717) is 6.42 Å². The molecule has 3 N–H and O–H groups in total. The second kappa shape index (κ2) is 10.5. The number of carboxylic acids is 1. The highest BCUT2D eigenvalue weighted by molar-refractivity contribution is 5.72. The van der Waals surface area contributed by atoms with E-state index in [1.165, 1.54) is 0 Å². The first-order valence-corrected chi connectivity index (χ1v) is 9.33. The molecular weight excluding hydrogens is 358 g/mol. The first-order valence-electron chi connectivity index (χ1n) is 9.33. The average Bonchev–Trinajstić information content (AvgIpc) is 2.67. The lowest BCUT2D eigenvalue weighted by atomic mass is 9.98. The molecule has 150 valence electrons. The minimum Gasteiger partial charge on any atom is -0.479 e. The molecule has 0 aliphatic rings. The van der Waals surface area contributed by atoms with Crippen molar-refractivity contribution in [3.05, 3.63) is 60.2 Å². The van der Waals surface area contributed by atoms with Crippen molar-refractivity contribution < 1.29 is 24.5 Å². The number of rotatable bonds is 9. The smallest absolute Gasteiger partial charge is 0.407 e. The van der Waals surface area contributed by atoms with Crippen LogP contribution in [0.4, 0.5) is 4.79 Å². The number of aliphatic carboxylic acids is 1. The minimum absolute atomic E-state index is 0.105. The van der Waals surface area contributed by atoms with Crippen LogP contribution in [0.5, 0.6) is 0 Å². The zero-order valence-corrected chi connectivity index (χ0v) is 16.2. The maximum atomic E-state index is 12.0.